The Bertz CT molecular complexity index is 601. The monoisotopic (exact) mass is 363 g/mol. The second-order valence-corrected chi connectivity index (χ2v) is 7.56. The third-order valence-electron chi connectivity index (χ3n) is 4.30. The molecule has 1 aliphatic heterocycles. The third kappa shape index (κ3) is 5.88. The highest BCUT2D eigenvalue weighted by molar-refractivity contribution is 7.80. The average molecular weight is 364 g/mol. The van der Waals surface area contributed by atoms with Crippen LogP contribution in [0.2, 0.25) is 0 Å². The molecule has 1 heterocycles. The van der Waals surface area contributed by atoms with E-state index in [9.17, 15) is 4.79 Å². The van der Waals surface area contributed by atoms with Gasteiger partial charge < -0.3 is 20.3 Å². The van der Waals surface area contributed by atoms with E-state index in [2.05, 4.69) is 36.3 Å². The van der Waals surface area contributed by atoms with E-state index >= 15 is 0 Å². The molecule has 1 aromatic carbocycles. The smallest absolute Gasteiger partial charge is 0.224 e. The van der Waals surface area contributed by atoms with Gasteiger partial charge in [-0.3, -0.25) is 4.79 Å². The first kappa shape index (κ1) is 19.5. The van der Waals surface area contributed by atoms with Crippen LogP contribution in [0.25, 0.3) is 0 Å². The van der Waals surface area contributed by atoms with Crippen LogP contribution in [0.3, 0.4) is 0 Å². The molecular weight excluding hydrogens is 334 g/mol. The van der Waals surface area contributed by atoms with Crippen LogP contribution < -0.4 is 15.4 Å². The first-order chi connectivity index (χ1) is 11.8. The van der Waals surface area contributed by atoms with Crippen LogP contribution in [0.1, 0.15) is 47.0 Å². The maximum Gasteiger partial charge on any atom is 0.224 e. The fourth-order valence-electron chi connectivity index (χ4n) is 3.22. The zero-order chi connectivity index (χ0) is 18.4. The molecule has 1 amide bonds. The number of amides is 1. The lowest BCUT2D eigenvalue weighted by molar-refractivity contribution is -0.116. The normalized spacial score (nSPS) is 19.3. The average Bonchev–Trinajstić information content (AvgIpc) is 2.51. The van der Waals surface area contributed by atoms with Gasteiger partial charge in [0, 0.05) is 30.2 Å². The van der Waals surface area contributed by atoms with Gasteiger partial charge in [0.05, 0.1) is 6.61 Å². The molecule has 6 heteroatoms. The van der Waals surface area contributed by atoms with Crippen LogP contribution in [0.4, 0.5) is 5.69 Å². The van der Waals surface area contributed by atoms with Crippen molar-refractivity contribution in [2.24, 2.45) is 0 Å². The molecule has 25 heavy (non-hydrogen) atoms. The molecule has 0 bridgehead atoms. The summed E-state index contributed by atoms with van der Waals surface area (Å²) in [6.45, 7) is 9.89. The predicted octanol–water partition coefficient (Wildman–Crippen LogP) is 3.55. The largest absolute Gasteiger partial charge is 0.494 e. The van der Waals surface area contributed by atoms with E-state index in [1.54, 1.807) is 0 Å². The molecule has 0 unspecified atom stereocenters. The van der Waals surface area contributed by atoms with Crippen LogP contribution >= 0.6 is 12.2 Å². The number of hydrogen-bond donors (Lipinski definition) is 2. The summed E-state index contributed by atoms with van der Waals surface area (Å²) in [7, 11) is 0. The van der Waals surface area contributed by atoms with Gasteiger partial charge in [-0.05, 0) is 77.0 Å². The number of carbonyl (C=O) groups excluding carboxylic acids is 1. The fourth-order valence-corrected chi connectivity index (χ4v) is 3.77. The summed E-state index contributed by atoms with van der Waals surface area (Å²) in [5.74, 6) is 0.830. The van der Waals surface area contributed by atoms with Crippen molar-refractivity contribution in [1.82, 2.24) is 10.2 Å². The number of nitrogens with zero attached hydrogens (tertiary/aromatic N) is 1. The molecule has 2 N–H and O–H groups in total. The van der Waals surface area contributed by atoms with Crippen molar-refractivity contribution >= 4 is 28.9 Å². The van der Waals surface area contributed by atoms with Crippen LogP contribution in [-0.4, -0.2) is 40.7 Å². The number of carbonyl (C=O) groups is 1. The molecule has 0 aliphatic carbocycles. The lowest BCUT2D eigenvalue weighted by Crippen LogP contribution is -2.60. The summed E-state index contributed by atoms with van der Waals surface area (Å²) < 4.78 is 5.40. The van der Waals surface area contributed by atoms with Gasteiger partial charge >= 0.3 is 0 Å². The number of hydrogen-bond acceptors (Lipinski definition) is 3. The highest BCUT2D eigenvalue weighted by Gasteiger charge is 2.32. The van der Waals surface area contributed by atoms with Gasteiger partial charge in [-0.25, -0.2) is 0 Å². The Balaban J connectivity index is 1.76. The van der Waals surface area contributed by atoms with Crippen molar-refractivity contribution in [1.29, 1.82) is 0 Å². The number of ether oxygens (including phenoxy) is 1. The van der Waals surface area contributed by atoms with Crippen LogP contribution in [0.15, 0.2) is 24.3 Å². The summed E-state index contributed by atoms with van der Waals surface area (Å²) in [5, 5.41) is 7.09. The zero-order valence-corrected chi connectivity index (χ0v) is 16.4. The zero-order valence-electron chi connectivity index (χ0n) is 15.6. The van der Waals surface area contributed by atoms with Crippen LogP contribution in [-0.2, 0) is 4.79 Å². The first-order valence-corrected chi connectivity index (χ1v) is 9.33. The third-order valence-corrected chi connectivity index (χ3v) is 4.63. The van der Waals surface area contributed by atoms with Gasteiger partial charge in [0.25, 0.3) is 0 Å². The Morgan fingerprint density at radius 3 is 2.68 bits per heavy atom. The lowest BCUT2D eigenvalue weighted by Gasteiger charge is -2.44. The minimum atomic E-state index is 0.0213. The quantitative estimate of drug-likeness (QED) is 0.726. The summed E-state index contributed by atoms with van der Waals surface area (Å²) >= 11 is 5.47. The van der Waals surface area contributed by atoms with Crippen molar-refractivity contribution in [3.05, 3.63) is 24.3 Å². The SMILES string of the molecule is CCOc1ccc(NC(=O)CCCN2C(=S)NC(C)(C)C[C@@H]2C)cc1. The molecule has 0 saturated carbocycles. The minimum Gasteiger partial charge on any atom is -0.494 e. The van der Waals surface area contributed by atoms with Gasteiger partial charge in [0.1, 0.15) is 5.75 Å². The molecule has 0 radical (unpaired) electrons. The Hall–Kier alpha value is -1.82. The summed E-state index contributed by atoms with van der Waals surface area (Å²) in [6.07, 6.45) is 2.28. The molecule has 1 atom stereocenters. The Kier molecular flexibility index (Phi) is 6.64. The maximum absolute atomic E-state index is 12.1. The molecule has 1 saturated heterocycles. The molecule has 1 aliphatic rings. The number of rotatable bonds is 7. The highest BCUT2D eigenvalue weighted by atomic mass is 32.1. The van der Waals surface area contributed by atoms with Crippen molar-refractivity contribution in [2.75, 3.05) is 18.5 Å². The van der Waals surface area contributed by atoms with E-state index < -0.39 is 0 Å². The molecule has 5 nitrogen and oxygen atoms in total. The molecule has 2 rings (SSSR count). The van der Waals surface area contributed by atoms with Gasteiger partial charge in [-0.1, -0.05) is 0 Å². The standard InChI is InChI=1S/C19H29N3O2S/c1-5-24-16-10-8-15(9-11-16)20-17(23)7-6-12-22-14(2)13-19(3,4)21-18(22)25/h8-11,14H,5-7,12-13H2,1-4H3,(H,20,23)(H,21,25)/t14-/m0/s1. The molecule has 0 aromatic heterocycles. The highest BCUT2D eigenvalue weighted by Crippen LogP contribution is 2.22. The topological polar surface area (TPSA) is 53.6 Å². The van der Waals surface area contributed by atoms with Crippen molar-refractivity contribution in [2.45, 2.75) is 58.5 Å². The van der Waals surface area contributed by atoms with Crippen LogP contribution in [0.5, 0.6) is 5.75 Å². The summed E-state index contributed by atoms with van der Waals surface area (Å²) in [5.41, 5.74) is 0.830. The molecular formula is C19H29N3O2S. The summed E-state index contributed by atoms with van der Waals surface area (Å²) in [6, 6.07) is 7.83. The minimum absolute atomic E-state index is 0.0213. The molecule has 1 aromatic rings. The van der Waals surface area contributed by atoms with E-state index in [0.29, 0.717) is 19.1 Å². The second kappa shape index (κ2) is 8.52. The fraction of sp³-hybridized carbons (Fsp3) is 0.579. The van der Waals surface area contributed by atoms with Gasteiger partial charge in [0.15, 0.2) is 5.11 Å². The van der Waals surface area contributed by atoms with Crippen molar-refractivity contribution < 1.29 is 9.53 Å². The summed E-state index contributed by atoms with van der Waals surface area (Å²) in [4.78, 5) is 14.3. The Morgan fingerprint density at radius 2 is 2.08 bits per heavy atom. The van der Waals surface area contributed by atoms with E-state index in [4.69, 9.17) is 17.0 Å². The number of benzene rings is 1. The van der Waals surface area contributed by atoms with Gasteiger partial charge in [-0.2, -0.15) is 0 Å². The number of anilines is 1. The Morgan fingerprint density at radius 1 is 1.40 bits per heavy atom. The first-order valence-electron chi connectivity index (χ1n) is 8.92. The maximum atomic E-state index is 12.1. The van der Waals surface area contributed by atoms with Crippen molar-refractivity contribution in [3.8, 4) is 5.75 Å². The van der Waals surface area contributed by atoms with E-state index in [1.807, 2.05) is 31.2 Å². The van der Waals surface area contributed by atoms with Crippen molar-refractivity contribution in [3.63, 3.8) is 0 Å². The number of nitrogens with one attached hydrogen (secondary N) is 2. The van der Waals surface area contributed by atoms with Gasteiger partial charge in [0.2, 0.25) is 5.91 Å². The number of thiocarbonyl (C=S) groups is 1. The van der Waals surface area contributed by atoms with Gasteiger partial charge in [-0.15, -0.1) is 0 Å². The van der Waals surface area contributed by atoms with E-state index in [-0.39, 0.29) is 11.4 Å². The van der Waals surface area contributed by atoms with Crippen LogP contribution in [0, 0.1) is 0 Å². The predicted molar refractivity (Wildman–Crippen MR) is 106 cm³/mol. The lowest BCUT2D eigenvalue weighted by atomic mass is 9.93. The molecule has 0 spiro atoms. The Labute approximate surface area is 156 Å². The second-order valence-electron chi connectivity index (χ2n) is 7.17. The molecule has 1 fully saturated rings. The van der Waals surface area contributed by atoms with E-state index in [0.717, 1.165) is 35.9 Å². The van der Waals surface area contributed by atoms with E-state index in [1.165, 1.54) is 0 Å². The molecule has 138 valence electrons.